The molecule has 8 heteroatoms. The average molecular weight is 247 g/mol. The van der Waals surface area contributed by atoms with Crippen LogP contribution in [0.15, 0.2) is 11.2 Å². The molecule has 7 nitrogen and oxygen atoms in total. The molecule has 0 bridgehead atoms. The third-order valence-electron chi connectivity index (χ3n) is 1.85. The molecule has 0 saturated carbocycles. The predicted octanol–water partition coefficient (Wildman–Crippen LogP) is 0.163. The van der Waals surface area contributed by atoms with Crippen molar-refractivity contribution in [3.8, 4) is 0 Å². The van der Waals surface area contributed by atoms with Crippen molar-refractivity contribution in [2.75, 3.05) is 6.61 Å². The largest absolute Gasteiger partial charge is 0.449 e. The lowest BCUT2D eigenvalue weighted by molar-refractivity contribution is 0.158. The van der Waals surface area contributed by atoms with Crippen molar-refractivity contribution in [1.82, 2.24) is 14.3 Å². The molecule has 1 aromatic rings. The van der Waals surface area contributed by atoms with Gasteiger partial charge in [-0.05, 0) is 13.8 Å². The minimum absolute atomic E-state index is 0.0998. The highest BCUT2D eigenvalue weighted by Gasteiger charge is 2.21. The molecule has 16 heavy (non-hydrogen) atoms. The summed E-state index contributed by atoms with van der Waals surface area (Å²) in [4.78, 5) is 14.8. The van der Waals surface area contributed by atoms with Crippen LogP contribution in [0.3, 0.4) is 0 Å². The van der Waals surface area contributed by atoms with Crippen LogP contribution in [0.1, 0.15) is 12.7 Å². The number of nitrogens with zero attached hydrogens (tertiary/aromatic N) is 2. The quantitative estimate of drug-likeness (QED) is 0.821. The van der Waals surface area contributed by atoms with Crippen LogP contribution in [0.25, 0.3) is 0 Å². The van der Waals surface area contributed by atoms with Crippen molar-refractivity contribution in [3.05, 3.63) is 12.0 Å². The van der Waals surface area contributed by atoms with Gasteiger partial charge in [0.05, 0.1) is 6.61 Å². The fourth-order valence-corrected chi connectivity index (χ4v) is 1.91. The Morgan fingerprint density at radius 1 is 1.62 bits per heavy atom. The Morgan fingerprint density at radius 3 is 2.69 bits per heavy atom. The van der Waals surface area contributed by atoms with Crippen molar-refractivity contribution in [2.45, 2.75) is 18.9 Å². The van der Waals surface area contributed by atoms with Crippen LogP contribution in [-0.4, -0.2) is 30.7 Å². The van der Waals surface area contributed by atoms with Crippen molar-refractivity contribution in [1.29, 1.82) is 0 Å². The number of sulfonamides is 1. The lowest BCUT2D eigenvalue weighted by atomic mass is 10.7. The van der Waals surface area contributed by atoms with Crippen LogP contribution >= 0.6 is 0 Å². The van der Waals surface area contributed by atoms with Crippen molar-refractivity contribution < 1.29 is 17.9 Å². The summed E-state index contributed by atoms with van der Waals surface area (Å²) in [6.45, 7) is 3.34. The first-order chi connectivity index (χ1) is 7.36. The van der Waals surface area contributed by atoms with Gasteiger partial charge < -0.3 is 9.30 Å². The van der Waals surface area contributed by atoms with Gasteiger partial charge in [-0.25, -0.2) is 14.5 Å². The Kier molecular flexibility index (Phi) is 3.53. The number of rotatable bonds is 3. The van der Waals surface area contributed by atoms with E-state index in [1.165, 1.54) is 6.20 Å². The number of carbonyl (C=O) groups excluding carboxylic acids is 1. The maximum atomic E-state index is 11.6. The molecule has 0 fully saturated rings. The van der Waals surface area contributed by atoms with E-state index in [9.17, 15) is 13.2 Å². The highest BCUT2D eigenvalue weighted by molar-refractivity contribution is 7.90. The van der Waals surface area contributed by atoms with E-state index in [1.54, 1.807) is 30.2 Å². The van der Waals surface area contributed by atoms with Gasteiger partial charge in [0, 0.05) is 13.2 Å². The molecule has 90 valence electrons. The molecule has 0 aromatic carbocycles. The molecule has 0 saturated heterocycles. The number of carbonyl (C=O) groups is 1. The van der Waals surface area contributed by atoms with E-state index in [4.69, 9.17) is 0 Å². The van der Waals surface area contributed by atoms with Gasteiger partial charge in [-0.15, -0.1) is 0 Å². The molecule has 0 aliphatic heterocycles. The Hall–Kier alpha value is -1.57. The highest BCUT2D eigenvalue weighted by Crippen LogP contribution is 2.07. The fraction of sp³-hybridized carbons (Fsp3) is 0.500. The van der Waals surface area contributed by atoms with Crippen LogP contribution in [0.2, 0.25) is 0 Å². The summed E-state index contributed by atoms with van der Waals surface area (Å²) in [5.41, 5.74) is 0. The number of hydrogen-bond acceptors (Lipinski definition) is 5. The van der Waals surface area contributed by atoms with Crippen molar-refractivity contribution >= 4 is 16.1 Å². The summed E-state index contributed by atoms with van der Waals surface area (Å²) in [5, 5.41) is -0.208. The molecule has 0 spiro atoms. The minimum Gasteiger partial charge on any atom is -0.449 e. The SMILES string of the molecule is CCOC(=O)NS(=O)(=O)c1cn(C)c(C)n1. The summed E-state index contributed by atoms with van der Waals surface area (Å²) in [7, 11) is -2.28. The van der Waals surface area contributed by atoms with Gasteiger partial charge in [-0.2, -0.15) is 8.42 Å². The van der Waals surface area contributed by atoms with Crippen molar-refractivity contribution in [3.63, 3.8) is 0 Å². The predicted molar refractivity (Wildman–Crippen MR) is 55.3 cm³/mol. The van der Waals surface area contributed by atoms with Gasteiger partial charge in [0.25, 0.3) is 10.0 Å². The number of ether oxygens (including phenoxy) is 1. The summed E-state index contributed by atoms with van der Waals surface area (Å²) < 4.78 is 31.0. The van der Waals surface area contributed by atoms with E-state index in [-0.39, 0.29) is 11.6 Å². The number of imidazole rings is 1. The van der Waals surface area contributed by atoms with Crippen molar-refractivity contribution in [2.24, 2.45) is 7.05 Å². The maximum absolute atomic E-state index is 11.6. The van der Waals surface area contributed by atoms with E-state index < -0.39 is 16.1 Å². The lowest BCUT2D eigenvalue weighted by Gasteiger charge is -2.03. The van der Waals surface area contributed by atoms with Crippen LogP contribution in [0.5, 0.6) is 0 Å². The van der Waals surface area contributed by atoms with Crippen LogP contribution in [0, 0.1) is 6.92 Å². The smallest absolute Gasteiger partial charge is 0.421 e. The first kappa shape index (κ1) is 12.5. The zero-order valence-corrected chi connectivity index (χ0v) is 10.0. The molecule has 0 unspecified atom stereocenters. The molecule has 1 rings (SSSR count). The number of nitrogens with one attached hydrogen (secondary N) is 1. The Balaban J connectivity index is 2.90. The second-order valence-corrected chi connectivity index (χ2v) is 4.69. The van der Waals surface area contributed by atoms with E-state index in [0.717, 1.165) is 0 Å². The fourth-order valence-electron chi connectivity index (χ4n) is 0.978. The molecule has 1 heterocycles. The first-order valence-corrected chi connectivity index (χ1v) is 6.04. The minimum atomic E-state index is -3.94. The van der Waals surface area contributed by atoms with Gasteiger partial charge in [-0.1, -0.05) is 0 Å². The molecular weight excluding hydrogens is 234 g/mol. The lowest BCUT2D eigenvalue weighted by Crippen LogP contribution is -2.31. The number of aryl methyl sites for hydroxylation is 2. The molecule has 0 aliphatic rings. The third kappa shape index (κ3) is 2.72. The van der Waals surface area contributed by atoms with Gasteiger partial charge in [0.15, 0.2) is 5.03 Å². The number of hydrogen-bond donors (Lipinski definition) is 1. The zero-order valence-electron chi connectivity index (χ0n) is 9.22. The maximum Gasteiger partial charge on any atom is 0.421 e. The van der Waals surface area contributed by atoms with Gasteiger partial charge in [0.2, 0.25) is 0 Å². The topological polar surface area (TPSA) is 90.3 Å². The summed E-state index contributed by atoms with van der Waals surface area (Å²) in [6.07, 6.45) is 0.308. The van der Waals surface area contributed by atoms with E-state index in [1.807, 2.05) is 0 Å². The molecular formula is C8H13N3O4S. The van der Waals surface area contributed by atoms with Crippen LogP contribution < -0.4 is 4.72 Å². The van der Waals surface area contributed by atoms with Crippen LogP contribution in [-0.2, 0) is 21.8 Å². The molecule has 0 atom stereocenters. The van der Waals surface area contributed by atoms with Gasteiger partial charge in [-0.3, -0.25) is 0 Å². The van der Waals surface area contributed by atoms with Gasteiger partial charge in [0.1, 0.15) is 5.82 Å². The molecule has 1 N–H and O–H groups in total. The van der Waals surface area contributed by atoms with E-state index in [0.29, 0.717) is 5.82 Å². The highest BCUT2D eigenvalue weighted by atomic mass is 32.2. The van der Waals surface area contributed by atoms with E-state index >= 15 is 0 Å². The monoisotopic (exact) mass is 247 g/mol. The zero-order chi connectivity index (χ0) is 12.3. The Bertz CT molecular complexity index is 472. The average Bonchev–Trinajstić information content (AvgIpc) is 2.47. The first-order valence-electron chi connectivity index (χ1n) is 4.56. The molecule has 1 aromatic heterocycles. The number of aromatic nitrogens is 2. The summed E-state index contributed by atoms with van der Waals surface area (Å²) in [5.74, 6) is 0.532. The Labute approximate surface area is 93.5 Å². The van der Waals surface area contributed by atoms with E-state index in [2.05, 4.69) is 9.72 Å². The molecule has 1 amide bonds. The second-order valence-electron chi connectivity index (χ2n) is 3.06. The normalized spacial score (nSPS) is 11.2. The Morgan fingerprint density at radius 2 is 2.25 bits per heavy atom. The summed E-state index contributed by atoms with van der Waals surface area (Å²) in [6, 6.07) is 0. The molecule has 0 radical (unpaired) electrons. The number of amides is 1. The summed E-state index contributed by atoms with van der Waals surface area (Å²) >= 11 is 0. The standard InChI is InChI=1S/C8H13N3O4S/c1-4-15-8(12)10-16(13,14)7-5-11(3)6(2)9-7/h5H,4H2,1-3H3,(H,10,12). The van der Waals surface area contributed by atoms with Crippen LogP contribution in [0.4, 0.5) is 4.79 Å². The third-order valence-corrected chi connectivity index (χ3v) is 3.04. The molecule has 0 aliphatic carbocycles. The van der Waals surface area contributed by atoms with Gasteiger partial charge >= 0.3 is 6.09 Å². The second kappa shape index (κ2) is 4.52.